The van der Waals surface area contributed by atoms with E-state index < -0.39 is 5.60 Å². The summed E-state index contributed by atoms with van der Waals surface area (Å²) < 4.78 is 20.5. The number of benzene rings is 1. The lowest BCUT2D eigenvalue weighted by atomic mass is 9.62. The largest absolute Gasteiger partial charge is 0.370 e. The summed E-state index contributed by atoms with van der Waals surface area (Å²) in [5.74, 6) is 0.438. The minimum Gasteiger partial charge on any atom is -0.370 e. The number of ether oxygens (including phenoxy) is 1. The highest BCUT2D eigenvalue weighted by Gasteiger charge is 2.52. The van der Waals surface area contributed by atoms with Crippen LogP contribution in [0.15, 0.2) is 12.1 Å². The van der Waals surface area contributed by atoms with Gasteiger partial charge >= 0.3 is 0 Å². The molecule has 2 bridgehead atoms. The topological polar surface area (TPSA) is 62.8 Å². The van der Waals surface area contributed by atoms with Crippen LogP contribution >= 0.6 is 0 Å². The van der Waals surface area contributed by atoms with E-state index in [9.17, 15) is 4.39 Å². The lowest BCUT2D eigenvalue weighted by molar-refractivity contribution is -0.160. The fourth-order valence-corrected chi connectivity index (χ4v) is 4.52. The minimum atomic E-state index is -0.449. The average Bonchev–Trinajstić information content (AvgIpc) is 2.94. The predicted octanol–water partition coefficient (Wildman–Crippen LogP) is 2.35. The van der Waals surface area contributed by atoms with E-state index >= 15 is 0 Å². The number of hydrogen-bond donors (Lipinski definition) is 2. The van der Waals surface area contributed by atoms with E-state index in [1.807, 2.05) is 6.92 Å². The Morgan fingerprint density at radius 3 is 2.82 bits per heavy atom. The van der Waals surface area contributed by atoms with Crippen molar-refractivity contribution in [1.29, 1.82) is 0 Å². The van der Waals surface area contributed by atoms with Crippen molar-refractivity contribution in [2.24, 2.45) is 11.8 Å². The molecular weight excluding hydrogens is 283 g/mol. The zero-order chi connectivity index (χ0) is 15.2. The molecule has 2 aliphatic rings. The van der Waals surface area contributed by atoms with Crippen LogP contribution in [-0.4, -0.2) is 35.1 Å². The van der Waals surface area contributed by atoms with Crippen LogP contribution in [0.5, 0.6) is 0 Å². The van der Waals surface area contributed by atoms with E-state index in [1.165, 1.54) is 12.5 Å². The normalized spacial score (nSPS) is 31.5. The summed E-state index contributed by atoms with van der Waals surface area (Å²) in [5.41, 5.74) is 1.81. The van der Waals surface area contributed by atoms with E-state index in [-0.39, 0.29) is 5.82 Å². The Hall–Kier alpha value is -1.53. The molecule has 4 rings (SSSR count). The summed E-state index contributed by atoms with van der Waals surface area (Å²) in [6.45, 7) is 4.44. The number of nitrogens with one attached hydrogen (secondary N) is 2. The van der Waals surface area contributed by atoms with Gasteiger partial charge in [0.25, 0.3) is 0 Å². The Labute approximate surface area is 128 Å². The zero-order valence-corrected chi connectivity index (χ0v) is 12.7. The Balaban J connectivity index is 1.96. The van der Waals surface area contributed by atoms with Crippen molar-refractivity contribution in [1.82, 2.24) is 20.7 Å². The molecule has 1 aliphatic carbocycles. The molecule has 0 amide bonds. The number of rotatable bonds is 3. The molecule has 2 heterocycles. The van der Waals surface area contributed by atoms with Crippen molar-refractivity contribution >= 4 is 11.0 Å². The van der Waals surface area contributed by atoms with Gasteiger partial charge in [0.05, 0.1) is 5.52 Å². The Morgan fingerprint density at radius 2 is 2.09 bits per heavy atom. The predicted molar refractivity (Wildman–Crippen MR) is 80.9 cm³/mol. The summed E-state index contributed by atoms with van der Waals surface area (Å²) >= 11 is 0. The second kappa shape index (κ2) is 5.28. The van der Waals surface area contributed by atoms with Gasteiger partial charge in [-0.3, -0.25) is 5.10 Å². The molecule has 118 valence electrons. The molecule has 2 N–H and O–H groups in total. The molecule has 6 heteroatoms. The van der Waals surface area contributed by atoms with Gasteiger partial charge < -0.3 is 10.1 Å². The van der Waals surface area contributed by atoms with Crippen LogP contribution in [-0.2, 0) is 10.3 Å². The number of aromatic amines is 1. The fourth-order valence-electron chi connectivity index (χ4n) is 4.52. The fraction of sp³-hybridized carbons (Fsp3) is 0.625. The highest BCUT2D eigenvalue weighted by atomic mass is 19.1. The first-order valence-electron chi connectivity index (χ1n) is 8.11. The second-order valence-corrected chi connectivity index (χ2v) is 6.37. The van der Waals surface area contributed by atoms with Crippen molar-refractivity contribution in [3.63, 3.8) is 0 Å². The molecule has 2 unspecified atom stereocenters. The molecule has 2 atom stereocenters. The van der Waals surface area contributed by atoms with E-state index in [0.717, 1.165) is 37.0 Å². The molecule has 2 fully saturated rings. The maximum absolute atomic E-state index is 14.2. The van der Waals surface area contributed by atoms with E-state index in [2.05, 4.69) is 20.7 Å². The van der Waals surface area contributed by atoms with E-state index in [0.29, 0.717) is 24.0 Å². The molecule has 1 saturated heterocycles. The van der Waals surface area contributed by atoms with E-state index in [4.69, 9.17) is 4.74 Å². The molecule has 5 nitrogen and oxygen atoms in total. The van der Waals surface area contributed by atoms with E-state index in [1.54, 1.807) is 6.07 Å². The molecule has 1 saturated carbocycles. The van der Waals surface area contributed by atoms with Crippen LogP contribution in [0, 0.1) is 17.7 Å². The quantitative estimate of drug-likeness (QED) is 0.913. The molecule has 2 aromatic rings. The molecule has 0 radical (unpaired) electrons. The van der Waals surface area contributed by atoms with Gasteiger partial charge in [0.1, 0.15) is 16.9 Å². The number of nitrogens with zero attached hydrogens (tertiary/aromatic N) is 2. The molecule has 1 aromatic heterocycles. The van der Waals surface area contributed by atoms with Gasteiger partial charge in [-0.2, -0.15) is 0 Å². The summed E-state index contributed by atoms with van der Waals surface area (Å²) in [5, 5.41) is 14.4. The summed E-state index contributed by atoms with van der Waals surface area (Å²) in [7, 11) is 0. The maximum Gasteiger partial charge on any atom is 0.125 e. The lowest BCUT2D eigenvalue weighted by Gasteiger charge is -2.53. The lowest BCUT2D eigenvalue weighted by Crippen LogP contribution is -2.58. The second-order valence-electron chi connectivity index (χ2n) is 6.37. The number of H-pyrrole nitrogens is 1. The number of fused-ring (bicyclic) bond motifs is 3. The van der Waals surface area contributed by atoms with Gasteiger partial charge in [-0.25, -0.2) is 4.39 Å². The summed E-state index contributed by atoms with van der Waals surface area (Å²) in [6.07, 6.45) is 3.40. The first-order chi connectivity index (χ1) is 10.8. The first kappa shape index (κ1) is 14.1. The standard InChI is InChI=1S/C16H21FN4O/c1-2-22-16(10-4-3-5-11(16)9-18-8-10)13-6-12(17)7-14-15(13)20-21-19-14/h6-7,10-11,18H,2-5,8-9H2,1H3,(H,19,20,21). The Morgan fingerprint density at radius 1 is 1.32 bits per heavy atom. The third-order valence-electron chi connectivity index (χ3n) is 5.30. The molecule has 1 aromatic carbocycles. The summed E-state index contributed by atoms with van der Waals surface area (Å²) in [6, 6.07) is 3.06. The zero-order valence-electron chi connectivity index (χ0n) is 12.7. The van der Waals surface area contributed by atoms with Gasteiger partial charge in [-0.05, 0) is 25.8 Å². The van der Waals surface area contributed by atoms with Gasteiger partial charge in [0.15, 0.2) is 0 Å². The van der Waals surface area contributed by atoms with Crippen LogP contribution < -0.4 is 5.32 Å². The minimum absolute atomic E-state index is 0.260. The Kier molecular flexibility index (Phi) is 3.38. The Bertz CT molecular complexity index is 664. The smallest absolute Gasteiger partial charge is 0.125 e. The van der Waals surface area contributed by atoms with Gasteiger partial charge in [-0.1, -0.05) is 11.6 Å². The van der Waals surface area contributed by atoms with Crippen LogP contribution in [0.2, 0.25) is 0 Å². The highest BCUT2D eigenvalue weighted by molar-refractivity contribution is 5.78. The van der Waals surface area contributed by atoms with Crippen molar-refractivity contribution < 1.29 is 9.13 Å². The van der Waals surface area contributed by atoms with Crippen molar-refractivity contribution in [3.05, 3.63) is 23.5 Å². The molecule has 1 aliphatic heterocycles. The molecule has 0 spiro atoms. The third kappa shape index (κ3) is 1.90. The van der Waals surface area contributed by atoms with Crippen molar-refractivity contribution in [2.75, 3.05) is 19.7 Å². The van der Waals surface area contributed by atoms with Crippen molar-refractivity contribution in [2.45, 2.75) is 31.8 Å². The number of piperidine rings is 1. The molecule has 22 heavy (non-hydrogen) atoms. The van der Waals surface area contributed by atoms with Gasteiger partial charge in [0, 0.05) is 43.2 Å². The molecular formula is C16H21FN4O. The van der Waals surface area contributed by atoms with Crippen LogP contribution in [0.1, 0.15) is 31.7 Å². The third-order valence-corrected chi connectivity index (χ3v) is 5.30. The first-order valence-corrected chi connectivity index (χ1v) is 8.11. The number of halogens is 1. The SMILES string of the molecule is CCOC1(c2cc(F)cc3[nH]nnc23)C2CCCC1CNC2. The van der Waals surface area contributed by atoms with Crippen LogP contribution in [0.4, 0.5) is 4.39 Å². The van der Waals surface area contributed by atoms with Gasteiger partial charge in [-0.15, -0.1) is 5.10 Å². The van der Waals surface area contributed by atoms with Crippen LogP contribution in [0.25, 0.3) is 11.0 Å². The monoisotopic (exact) mass is 304 g/mol. The van der Waals surface area contributed by atoms with Gasteiger partial charge in [0.2, 0.25) is 0 Å². The van der Waals surface area contributed by atoms with Crippen molar-refractivity contribution in [3.8, 4) is 0 Å². The number of hydrogen-bond acceptors (Lipinski definition) is 4. The maximum atomic E-state index is 14.2. The average molecular weight is 304 g/mol. The highest BCUT2D eigenvalue weighted by Crippen LogP contribution is 2.51. The van der Waals surface area contributed by atoms with Crippen LogP contribution in [0.3, 0.4) is 0 Å². The number of aromatic nitrogens is 3. The summed E-state index contributed by atoms with van der Waals surface area (Å²) in [4.78, 5) is 0.